The normalized spacial score (nSPS) is 10.9. The molecule has 0 atom stereocenters. The molecule has 0 aliphatic rings. The summed E-state index contributed by atoms with van der Waals surface area (Å²) in [7, 11) is 0. The van der Waals surface area contributed by atoms with Crippen molar-refractivity contribution in [3.8, 4) is 17.6 Å². The third kappa shape index (κ3) is 6.73. The Balaban J connectivity index is 1.86. The monoisotopic (exact) mass is 572 g/mol. The van der Waals surface area contributed by atoms with Gasteiger partial charge in [-0.05, 0) is 89.5 Å². The van der Waals surface area contributed by atoms with Gasteiger partial charge in [-0.15, -0.1) is 0 Å². The number of halogens is 2. The van der Waals surface area contributed by atoms with Crippen LogP contribution in [0.4, 0.5) is 5.69 Å². The SMILES string of the molecule is CCOc1cc(/C=C(\C#N)C(=O)Nc2cccc(I)c2)cc(Cl)c1OCc1ccccc1C. The molecule has 3 rings (SSSR count). The Hall–Kier alpha value is -3.02. The minimum atomic E-state index is -0.506. The molecular formula is C26H22ClIN2O3. The van der Waals surface area contributed by atoms with Crippen molar-refractivity contribution in [2.75, 3.05) is 11.9 Å². The molecule has 0 spiro atoms. The Morgan fingerprint density at radius 3 is 2.64 bits per heavy atom. The van der Waals surface area contributed by atoms with E-state index in [4.69, 9.17) is 21.1 Å². The Kier molecular flexibility index (Phi) is 8.75. The van der Waals surface area contributed by atoms with E-state index in [1.165, 1.54) is 6.08 Å². The van der Waals surface area contributed by atoms with Gasteiger partial charge < -0.3 is 14.8 Å². The van der Waals surface area contributed by atoms with Crippen molar-refractivity contribution in [2.24, 2.45) is 0 Å². The maximum Gasteiger partial charge on any atom is 0.266 e. The number of rotatable bonds is 8. The first-order valence-corrected chi connectivity index (χ1v) is 11.7. The number of nitriles is 1. The largest absolute Gasteiger partial charge is 0.490 e. The maximum absolute atomic E-state index is 12.6. The van der Waals surface area contributed by atoms with Gasteiger partial charge in [0.15, 0.2) is 11.5 Å². The zero-order chi connectivity index (χ0) is 23.8. The van der Waals surface area contributed by atoms with Gasteiger partial charge in [0.1, 0.15) is 18.2 Å². The summed E-state index contributed by atoms with van der Waals surface area (Å²) in [6, 6.07) is 20.6. The molecule has 0 fully saturated rings. The predicted molar refractivity (Wildman–Crippen MR) is 140 cm³/mol. The molecule has 3 aromatic rings. The van der Waals surface area contributed by atoms with Crippen molar-refractivity contribution in [2.45, 2.75) is 20.5 Å². The van der Waals surface area contributed by atoms with E-state index in [0.717, 1.165) is 14.7 Å². The van der Waals surface area contributed by atoms with Gasteiger partial charge in [0.25, 0.3) is 5.91 Å². The van der Waals surface area contributed by atoms with E-state index in [9.17, 15) is 10.1 Å². The predicted octanol–water partition coefficient (Wildman–Crippen LogP) is 6.78. The van der Waals surface area contributed by atoms with Gasteiger partial charge in [-0.1, -0.05) is 41.9 Å². The summed E-state index contributed by atoms with van der Waals surface area (Å²) in [5.41, 5.74) is 3.27. The molecule has 33 heavy (non-hydrogen) atoms. The Labute approximate surface area is 212 Å². The number of anilines is 1. The van der Waals surface area contributed by atoms with Crippen LogP contribution in [0.25, 0.3) is 6.08 Å². The second-order valence-electron chi connectivity index (χ2n) is 7.11. The number of amides is 1. The van der Waals surface area contributed by atoms with E-state index in [-0.39, 0.29) is 5.57 Å². The number of hydrogen-bond acceptors (Lipinski definition) is 4. The van der Waals surface area contributed by atoms with Crippen LogP contribution in [0.2, 0.25) is 5.02 Å². The lowest BCUT2D eigenvalue weighted by molar-refractivity contribution is -0.112. The molecule has 7 heteroatoms. The van der Waals surface area contributed by atoms with Crippen molar-refractivity contribution >= 4 is 51.9 Å². The lowest BCUT2D eigenvalue weighted by Crippen LogP contribution is -2.13. The zero-order valence-electron chi connectivity index (χ0n) is 18.2. The van der Waals surface area contributed by atoms with Crippen LogP contribution in [0.15, 0.2) is 66.2 Å². The minimum absolute atomic E-state index is 0.0547. The molecule has 0 aliphatic heterocycles. The Morgan fingerprint density at radius 2 is 1.94 bits per heavy atom. The maximum atomic E-state index is 12.6. The summed E-state index contributed by atoms with van der Waals surface area (Å²) in [5, 5.41) is 12.6. The van der Waals surface area contributed by atoms with E-state index < -0.39 is 5.91 Å². The van der Waals surface area contributed by atoms with E-state index in [0.29, 0.717) is 41.0 Å². The summed E-state index contributed by atoms with van der Waals surface area (Å²) >= 11 is 8.67. The van der Waals surface area contributed by atoms with Crippen LogP contribution < -0.4 is 14.8 Å². The summed E-state index contributed by atoms with van der Waals surface area (Å²) in [6.07, 6.45) is 1.47. The third-order valence-corrected chi connectivity index (χ3v) is 5.68. The number of hydrogen-bond donors (Lipinski definition) is 1. The van der Waals surface area contributed by atoms with Gasteiger partial charge in [0.2, 0.25) is 0 Å². The van der Waals surface area contributed by atoms with Crippen LogP contribution in [0, 0.1) is 21.8 Å². The molecule has 0 unspecified atom stereocenters. The molecule has 0 saturated heterocycles. The van der Waals surface area contributed by atoms with Gasteiger partial charge >= 0.3 is 0 Å². The molecule has 0 saturated carbocycles. The van der Waals surface area contributed by atoms with Crippen LogP contribution in [0.5, 0.6) is 11.5 Å². The lowest BCUT2D eigenvalue weighted by Gasteiger charge is -2.15. The van der Waals surface area contributed by atoms with E-state index in [2.05, 4.69) is 27.9 Å². The first-order valence-electron chi connectivity index (χ1n) is 10.2. The second kappa shape index (κ2) is 11.7. The Bertz CT molecular complexity index is 1230. The van der Waals surface area contributed by atoms with Gasteiger partial charge in [-0.2, -0.15) is 5.26 Å². The zero-order valence-corrected chi connectivity index (χ0v) is 21.1. The van der Waals surface area contributed by atoms with Crippen molar-refractivity contribution in [3.05, 3.63) is 91.5 Å². The molecule has 1 amide bonds. The molecule has 0 heterocycles. The molecule has 1 N–H and O–H groups in total. The van der Waals surface area contributed by atoms with E-state index in [1.54, 1.807) is 18.2 Å². The number of nitrogens with one attached hydrogen (secondary N) is 1. The summed E-state index contributed by atoms with van der Waals surface area (Å²) in [6.45, 7) is 4.62. The summed E-state index contributed by atoms with van der Waals surface area (Å²) < 4.78 is 12.7. The lowest BCUT2D eigenvalue weighted by atomic mass is 10.1. The van der Waals surface area contributed by atoms with Crippen LogP contribution >= 0.6 is 34.2 Å². The van der Waals surface area contributed by atoms with Crippen molar-refractivity contribution in [3.63, 3.8) is 0 Å². The molecule has 0 aromatic heterocycles. The number of carbonyl (C=O) groups excluding carboxylic acids is 1. The molecule has 168 valence electrons. The average Bonchev–Trinajstić information content (AvgIpc) is 2.78. The van der Waals surface area contributed by atoms with Crippen LogP contribution in [-0.4, -0.2) is 12.5 Å². The number of aryl methyl sites for hydroxylation is 1. The fourth-order valence-electron chi connectivity index (χ4n) is 3.08. The highest BCUT2D eigenvalue weighted by molar-refractivity contribution is 14.1. The average molecular weight is 573 g/mol. The number of benzene rings is 3. The minimum Gasteiger partial charge on any atom is -0.490 e. The van der Waals surface area contributed by atoms with Gasteiger partial charge in [-0.25, -0.2) is 0 Å². The standard InChI is InChI=1S/C26H22ClIN2O3/c1-3-32-24-13-18(11-20(15-29)26(31)30-22-10-6-9-21(28)14-22)12-23(27)25(24)33-16-19-8-5-4-7-17(19)2/h4-14H,3,16H2,1-2H3,(H,30,31)/b20-11+. The van der Waals surface area contributed by atoms with E-state index in [1.807, 2.05) is 62.4 Å². The first kappa shape index (κ1) is 24.6. The van der Waals surface area contributed by atoms with E-state index >= 15 is 0 Å². The van der Waals surface area contributed by atoms with Crippen molar-refractivity contribution < 1.29 is 14.3 Å². The number of nitrogens with zero attached hydrogens (tertiary/aromatic N) is 1. The molecule has 3 aromatic carbocycles. The highest BCUT2D eigenvalue weighted by Gasteiger charge is 2.15. The van der Waals surface area contributed by atoms with Crippen molar-refractivity contribution in [1.29, 1.82) is 5.26 Å². The van der Waals surface area contributed by atoms with Crippen LogP contribution in [0.3, 0.4) is 0 Å². The van der Waals surface area contributed by atoms with Crippen LogP contribution in [0.1, 0.15) is 23.6 Å². The molecule has 0 aliphatic carbocycles. The highest BCUT2D eigenvalue weighted by atomic mass is 127. The molecule has 5 nitrogen and oxygen atoms in total. The van der Waals surface area contributed by atoms with Crippen LogP contribution in [-0.2, 0) is 11.4 Å². The van der Waals surface area contributed by atoms with Crippen molar-refractivity contribution in [1.82, 2.24) is 0 Å². The highest BCUT2D eigenvalue weighted by Crippen LogP contribution is 2.38. The summed E-state index contributed by atoms with van der Waals surface area (Å²) in [5.74, 6) is 0.356. The van der Waals surface area contributed by atoms with Gasteiger partial charge in [0, 0.05) is 9.26 Å². The Morgan fingerprint density at radius 1 is 1.15 bits per heavy atom. The molecule has 0 bridgehead atoms. The third-order valence-electron chi connectivity index (χ3n) is 4.72. The second-order valence-corrected chi connectivity index (χ2v) is 8.77. The molecule has 0 radical (unpaired) electrons. The quantitative estimate of drug-likeness (QED) is 0.184. The topological polar surface area (TPSA) is 71.3 Å². The number of carbonyl (C=O) groups is 1. The van der Waals surface area contributed by atoms with Gasteiger partial charge in [-0.3, -0.25) is 4.79 Å². The summed E-state index contributed by atoms with van der Waals surface area (Å²) in [4.78, 5) is 12.6. The smallest absolute Gasteiger partial charge is 0.266 e. The van der Waals surface area contributed by atoms with Gasteiger partial charge in [0.05, 0.1) is 11.6 Å². The fraction of sp³-hybridized carbons (Fsp3) is 0.154. The first-order chi connectivity index (χ1) is 15.9. The molecular weight excluding hydrogens is 551 g/mol. The number of ether oxygens (including phenoxy) is 2. The fourth-order valence-corrected chi connectivity index (χ4v) is 3.89.